The van der Waals surface area contributed by atoms with Crippen LogP contribution in [0.5, 0.6) is 0 Å². The van der Waals surface area contributed by atoms with Crippen molar-refractivity contribution in [1.82, 2.24) is 4.90 Å². The summed E-state index contributed by atoms with van der Waals surface area (Å²) in [5.74, 6) is 0.153. The van der Waals surface area contributed by atoms with Crippen LogP contribution in [0.1, 0.15) is 17.4 Å². The molecular formula is C15H18N2OS. The average molecular weight is 274 g/mol. The molecule has 0 unspecified atom stereocenters. The van der Waals surface area contributed by atoms with E-state index in [1.165, 1.54) is 4.88 Å². The molecule has 0 spiro atoms. The minimum absolute atomic E-state index is 0.153. The van der Waals surface area contributed by atoms with Gasteiger partial charge in [0.1, 0.15) is 0 Å². The maximum absolute atomic E-state index is 12.3. The molecule has 0 aliphatic carbocycles. The maximum atomic E-state index is 12.3. The van der Waals surface area contributed by atoms with Gasteiger partial charge in [0.15, 0.2) is 0 Å². The highest BCUT2D eigenvalue weighted by Crippen LogP contribution is 2.13. The first-order valence-electron chi connectivity index (χ1n) is 6.33. The number of anilines is 1. The Morgan fingerprint density at radius 3 is 2.58 bits per heavy atom. The number of carbonyl (C=O) groups excluding carboxylic acids is 1. The van der Waals surface area contributed by atoms with E-state index in [4.69, 9.17) is 5.73 Å². The van der Waals surface area contributed by atoms with Crippen LogP contribution < -0.4 is 5.73 Å². The number of rotatable bonds is 5. The molecule has 2 aromatic rings. The van der Waals surface area contributed by atoms with Crippen molar-refractivity contribution in [3.05, 3.63) is 52.2 Å². The molecule has 100 valence electrons. The summed E-state index contributed by atoms with van der Waals surface area (Å²) in [6.45, 7) is 3.43. The van der Waals surface area contributed by atoms with Crippen LogP contribution >= 0.6 is 11.3 Å². The van der Waals surface area contributed by atoms with Gasteiger partial charge in [-0.1, -0.05) is 18.2 Å². The second-order valence-corrected chi connectivity index (χ2v) is 5.44. The predicted octanol–water partition coefficient (Wildman–Crippen LogP) is 2.92. The molecule has 1 heterocycles. The number of hydrogen-bond acceptors (Lipinski definition) is 3. The van der Waals surface area contributed by atoms with Crippen LogP contribution in [0.2, 0.25) is 0 Å². The van der Waals surface area contributed by atoms with E-state index in [1.54, 1.807) is 11.3 Å². The molecule has 2 N–H and O–H groups in total. The predicted molar refractivity (Wildman–Crippen MR) is 80.0 cm³/mol. The lowest BCUT2D eigenvalue weighted by Gasteiger charge is -2.20. The Hall–Kier alpha value is -1.81. The van der Waals surface area contributed by atoms with Gasteiger partial charge in [-0.3, -0.25) is 4.79 Å². The quantitative estimate of drug-likeness (QED) is 0.852. The molecule has 1 aromatic carbocycles. The van der Waals surface area contributed by atoms with Crippen molar-refractivity contribution >= 4 is 22.9 Å². The standard InChI is InChI=1S/C15H18N2OS/c1-2-17(11-14-4-3-9-19-14)15(18)10-12-5-7-13(16)8-6-12/h3-9H,2,10-11,16H2,1H3. The van der Waals surface area contributed by atoms with Crippen LogP contribution in [0.15, 0.2) is 41.8 Å². The number of carbonyl (C=O) groups is 1. The second kappa shape index (κ2) is 6.38. The van der Waals surface area contributed by atoms with Crippen LogP contribution in [-0.4, -0.2) is 17.4 Å². The van der Waals surface area contributed by atoms with E-state index >= 15 is 0 Å². The van der Waals surface area contributed by atoms with Gasteiger partial charge >= 0.3 is 0 Å². The van der Waals surface area contributed by atoms with Crippen molar-refractivity contribution in [2.45, 2.75) is 19.9 Å². The van der Waals surface area contributed by atoms with Gasteiger partial charge in [-0.2, -0.15) is 0 Å². The van der Waals surface area contributed by atoms with Gasteiger partial charge in [-0.15, -0.1) is 11.3 Å². The molecule has 1 amide bonds. The van der Waals surface area contributed by atoms with E-state index in [9.17, 15) is 4.79 Å². The molecule has 4 heteroatoms. The van der Waals surface area contributed by atoms with Crippen LogP contribution in [0, 0.1) is 0 Å². The highest BCUT2D eigenvalue weighted by molar-refractivity contribution is 7.09. The summed E-state index contributed by atoms with van der Waals surface area (Å²) in [7, 11) is 0. The summed E-state index contributed by atoms with van der Waals surface area (Å²) in [6, 6.07) is 11.6. The largest absolute Gasteiger partial charge is 0.399 e. The Labute approximate surface area is 117 Å². The van der Waals surface area contributed by atoms with Gasteiger partial charge in [-0.05, 0) is 36.1 Å². The number of benzene rings is 1. The second-order valence-electron chi connectivity index (χ2n) is 4.41. The third-order valence-electron chi connectivity index (χ3n) is 3.00. The summed E-state index contributed by atoms with van der Waals surface area (Å²) in [4.78, 5) is 15.3. The summed E-state index contributed by atoms with van der Waals surface area (Å²) in [5.41, 5.74) is 7.37. The van der Waals surface area contributed by atoms with Crippen molar-refractivity contribution in [3.8, 4) is 0 Å². The zero-order chi connectivity index (χ0) is 13.7. The fourth-order valence-corrected chi connectivity index (χ4v) is 2.61. The van der Waals surface area contributed by atoms with Crippen molar-refractivity contribution in [2.24, 2.45) is 0 Å². The van der Waals surface area contributed by atoms with Gasteiger partial charge in [0.05, 0.1) is 13.0 Å². The van der Waals surface area contributed by atoms with Crippen LogP contribution in [0.4, 0.5) is 5.69 Å². The topological polar surface area (TPSA) is 46.3 Å². The lowest BCUT2D eigenvalue weighted by molar-refractivity contribution is -0.130. The Kier molecular flexibility index (Phi) is 4.58. The average Bonchev–Trinajstić information content (AvgIpc) is 2.91. The van der Waals surface area contributed by atoms with Crippen molar-refractivity contribution in [1.29, 1.82) is 0 Å². The summed E-state index contributed by atoms with van der Waals surface area (Å²) in [6.07, 6.45) is 0.430. The molecule has 3 nitrogen and oxygen atoms in total. The molecule has 0 aliphatic rings. The molecule has 0 aliphatic heterocycles. The van der Waals surface area contributed by atoms with Gasteiger partial charge in [0.2, 0.25) is 5.91 Å². The zero-order valence-electron chi connectivity index (χ0n) is 11.0. The zero-order valence-corrected chi connectivity index (χ0v) is 11.8. The Balaban J connectivity index is 1.98. The summed E-state index contributed by atoms with van der Waals surface area (Å²) in [5, 5.41) is 2.04. The fourth-order valence-electron chi connectivity index (χ4n) is 1.89. The highest BCUT2D eigenvalue weighted by atomic mass is 32.1. The third-order valence-corrected chi connectivity index (χ3v) is 3.86. The number of hydrogen-bond donors (Lipinski definition) is 1. The third kappa shape index (κ3) is 3.83. The van der Waals surface area contributed by atoms with Crippen molar-refractivity contribution < 1.29 is 4.79 Å². The van der Waals surface area contributed by atoms with Gasteiger partial charge in [0.25, 0.3) is 0 Å². The number of nitrogen functional groups attached to an aromatic ring is 1. The van der Waals surface area contributed by atoms with Crippen molar-refractivity contribution in [3.63, 3.8) is 0 Å². The van der Waals surface area contributed by atoms with E-state index in [-0.39, 0.29) is 5.91 Å². The van der Waals surface area contributed by atoms with Crippen LogP contribution in [0.3, 0.4) is 0 Å². The minimum atomic E-state index is 0.153. The molecule has 0 radical (unpaired) electrons. The minimum Gasteiger partial charge on any atom is -0.399 e. The number of nitrogens with two attached hydrogens (primary N) is 1. The molecule has 19 heavy (non-hydrogen) atoms. The van der Waals surface area contributed by atoms with Gasteiger partial charge in [0, 0.05) is 17.1 Å². The van der Waals surface area contributed by atoms with E-state index in [1.807, 2.05) is 47.5 Å². The molecule has 0 bridgehead atoms. The van der Waals surface area contributed by atoms with Crippen LogP contribution in [-0.2, 0) is 17.8 Å². The Bertz CT molecular complexity index is 520. The van der Waals surface area contributed by atoms with Crippen molar-refractivity contribution in [2.75, 3.05) is 12.3 Å². The van der Waals surface area contributed by atoms with E-state index in [2.05, 4.69) is 6.07 Å². The summed E-state index contributed by atoms with van der Waals surface area (Å²) >= 11 is 1.68. The molecule has 0 atom stereocenters. The maximum Gasteiger partial charge on any atom is 0.227 e. The molecule has 0 fully saturated rings. The lowest BCUT2D eigenvalue weighted by Crippen LogP contribution is -2.31. The van der Waals surface area contributed by atoms with Crippen LogP contribution in [0.25, 0.3) is 0 Å². The van der Waals surface area contributed by atoms with E-state index < -0.39 is 0 Å². The number of nitrogens with zero attached hydrogens (tertiary/aromatic N) is 1. The monoisotopic (exact) mass is 274 g/mol. The SMILES string of the molecule is CCN(Cc1cccs1)C(=O)Cc1ccc(N)cc1. The first kappa shape index (κ1) is 13.6. The molecule has 0 saturated heterocycles. The normalized spacial score (nSPS) is 10.4. The first-order valence-corrected chi connectivity index (χ1v) is 7.21. The van der Waals surface area contributed by atoms with E-state index in [0.29, 0.717) is 13.0 Å². The number of thiophene rings is 1. The fraction of sp³-hybridized carbons (Fsp3) is 0.267. The lowest BCUT2D eigenvalue weighted by atomic mass is 10.1. The Morgan fingerprint density at radius 2 is 2.00 bits per heavy atom. The summed E-state index contributed by atoms with van der Waals surface area (Å²) < 4.78 is 0. The Morgan fingerprint density at radius 1 is 1.26 bits per heavy atom. The molecular weight excluding hydrogens is 256 g/mol. The first-order chi connectivity index (χ1) is 9.19. The number of likely N-dealkylation sites (N-methyl/N-ethyl adjacent to an activating group) is 1. The van der Waals surface area contributed by atoms with E-state index in [0.717, 1.165) is 17.8 Å². The van der Waals surface area contributed by atoms with Gasteiger partial charge < -0.3 is 10.6 Å². The molecule has 1 aromatic heterocycles. The number of amides is 1. The highest BCUT2D eigenvalue weighted by Gasteiger charge is 2.13. The molecule has 2 rings (SSSR count). The van der Waals surface area contributed by atoms with Gasteiger partial charge in [-0.25, -0.2) is 0 Å². The molecule has 0 saturated carbocycles. The smallest absolute Gasteiger partial charge is 0.227 e.